The first kappa shape index (κ1) is 12.1. The summed E-state index contributed by atoms with van der Waals surface area (Å²) in [5, 5.41) is 3.32. The molecule has 2 rings (SSSR count). The third-order valence-corrected chi connectivity index (χ3v) is 3.33. The summed E-state index contributed by atoms with van der Waals surface area (Å²) in [6.07, 6.45) is 0. The summed E-state index contributed by atoms with van der Waals surface area (Å²) >= 11 is 3.48. The Morgan fingerprint density at radius 3 is 2.76 bits per heavy atom. The molecule has 0 saturated heterocycles. The second kappa shape index (κ2) is 4.85. The van der Waals surface area contributed by atoms with E-state index in [2.05, 4.69) is 15.9 Å². The maximum absolute atomic E-state index is 11.9. The Labute approximate surface area is 108 Å². The first-order valence-corrected chi connectivity index (χ1v) is 5.93. The zero-order valence-corrected chi connectivity index (χ0v) is 11.2. The molecule has 0 unspecified atom stereocenters. The van der Waals surface area contributed by atoms with Gasteiger partial charge in [0.2, 0.25) is 0 Å². The summed E-state index contributed by atoms with van der Waals surface area (Å²) in [6, 6.07) is 11.5. The number of amides is 1. The van der Waals surface area contributed by atoms with Crippen molar-refractivity contribution in [2.45, 2.75) is 0 Å². The van der Waals surface area contributed by atoms with Crippen molar-refractivity contribution in [2.75, 3.05) is 14.2 Å². The van der Waals surface area contributed by atoms with Crippen LogP contribution in [0.2, 0.25) is 0 Å². The Bertz CT molecular complexity index is 568. The van der Waals surface area contributed by atoms with Gasteiger partial charge in [-0.3, -0.25) is 9.63 Å². The largest absolute Gasteiger partial charge is 0.277 e. The molecule has 88 valence electrons. The number of carbonyl (C=O) groups excluding carboxylic acids is 1. The van der Waals surface area contributed by atoms with Crippen LogP contribution in [0.4, 0.5) is 0 Å². The van der Waals surface area contributed by atoms with Gasteiger partial charge in [-0.2, -0.15) is 0 Å². The average Bonchev–Trinajstić information content (AvgIpc) is 2.37. The zero-order valence-electron chi connectivity index (χ0n) is 9.61. The number of halogens is 1. The van der Waals surface area contributed by atoms with Crippen LogP contribution < -0.4 is 0 Å². The molecule has 0 radical (unpaired) electrons. The highest BCUT2D eigenvalue weighted by atomic mass is 79.9. The molecule has 1 amide bonds. The van der Waals surface area contributed by atoms with Crippen LogP contribution in [0, 0.1) is 0 Å². The molecule has 0 bridgehead atoms. The van der Waals surface area contributed by atoms with E-state index in [1.807, 2.05) is 30.3 Å². The van der Waals surface area contributed by atoms with Crippen molar-refractivity contribution < 1.29 is 9.63 Å². The highest BCUT2D eigenvalue weighted by molar-refractivity contribution is 9.10. The van der Waals surface area contributed by atoms with Gasteiger partial charge in [-0.15, -0.1) is 0 Å². The summed E-state index contributed by atoms with van der Waals surface area (Å²) in [5.41, 5.74) is 0.611. The lowest BCUT2D eigenvalue weighted by Crippen LogP contribution is -2.25. The van der Waals surface area contributed by atoms with Crippen LogP contribution in [0.3, 0.4) is 0 Å². The quantitative estimate of drug-likeness (QED) is 0.796. The van der Waals surface area contributed by atoms with Crippen molar-refractivity contribution in [1.82, 2.24) is 5.06 Å². The first-order valence-electron chi connectivity index (χ1n) is 5.14. The molecular weight excluding hydrogens is 282 g/mol. The lowest BCUT2D eigenvalue weighted by atomic mass is 10.1. The fourth-order valence-corrected chi connectivity index (χ4v) is 2.16. The molecule has 3 nitrogen and oxygen atoms in total. The minimum Gasteiger partial charge on any atom is -0.274 e. The Balaban J connectivity index is 2.49. The molecule has 0 saturated carbocycles. The predicted octanol–water partition coefficient (Wildman–Crippen LogP) is 3.24. The van der Waals surface area contributed by atoms with Gasteiger partial charge in [0.05, 0.1) is 7.11 Å². The minimum absolute atomic E-state index is 0.158. The van der Waals surface area contributed by atoms with E-state index in [-0.39, 0.29) is 5.91 Å². The van der Waals surface area contributed by atoms with E-state index in [1.165, 1.54) is 12.2 Å². The molecule has 0 aromatic heterocycles. The molecule has 2 aromatic carbocycles. The molecule has 0 heterocycles. The van der Waals surface area contributed by atoms with Gasteiger partial charge >= 0.3 is 0 Å². The van der Waals surface area contributed by atoms with E-state index in [4.69, 9.17) is 4.84 Å². The number of hydroxylamine groups is 2. The molecule has 17 heavy (non-hydrogen) atoms. The lowest BCUT2D eigenvalue weighted by molar-refractivity contribution is -0.0756. The van der Waals surface area contributed by atoms with E-state index in [9.17, 15) is 4.79 Å². The fraction of sp³-hybridized carbons (Fsp3) is 0.154. The third kappa shape index (κ3) is 2.33. The van der Waals surface area contributed by atoms with E-state index in [0.717, 1.165) is 15.2 Å². The van der Waals surface area contributed by atoms with Gasteiger partial charge in [0.25, 0.3) is 5.91 Å². The monoisotopic (exact) mass is 293 g/mol. The van der Waals surface area contributed by atoms with Crippen molar-refractivity contribution in [2.24, 2.45) is 0 Å². The molecule has 0 aliphatic heterocycles. The van der Waals surface area contributed by atoms with Crippen molar-refractivity contribution >= 4 is 32.6 Å². The molecule has 0 aliphatic carbocycles. The Morgan fingerprint density at radius 2 is 2.06 bits per heavy atom. The second-order valence-electron chi connectivity index (χ2n) is 3.66. The van der Waals surface area contributed by atoms with Crippen LogP contribution in [-0.4, -0.2) is 25.1 Å². The molecule has 0 atom stereocenters. The minimum atomic E-state index is -0.158. The molecule has 0 spiro atoms. The summed E-state index contributed by atoms with van der Waals surface area (Å²) in [7, 11) is 3.06. The number of hydrogen-bond acceptors (Lipinski definition) is 2. The number of fused-ring (bicyclic) bond motifs is 1. The molecule has 0 aliphatic rings. The van der Waals surface area contributed by atoms with Crippen molar-refractivity contribution in [3.63, 3.8) is 0 Å². The number of rotatable bonds is 2. The van der Waals surface area contributed by atoms with Gasteiger partial charge in [0.1, 0.15) is 0 Å². The van der Waals surface area contributed by atoms with Crippen LogP contribution in [-0.2, 0) is 4.84 Å². The molecular formula is C13H12BrNO2. The van der Waals surface area contributed by atoms with E-state index >= 15 is 0 Å². The van der Waals surface area contributed by atoms with E-state index < -0.39 is 0 Å². The van der Waals surface area contributed by atoms with Crippen molar-refractivity contribution in [3.8, 4) is 0 Å². The smallest absolute Gasteiger partial charge is 0.274 e. The maximum Gasteiger partial charge on any atom is 0.277 e. The Morgan fingerprint density at radius 1 is 1.29 bits per heavy atom. The van der Waals surface area contributed by atoms with Crippen LogP contribution >= 0.6 is 15.9 Å². The van der Waals surface area contributed by atoms with Gasteiger partial charge < -0.3 is 0 Å². The summed E-state index contributed by atoms with van der Waals surface area (Å²) < 4.78 is 1.02. The summed E-state index contributed by atoms with van der Waals surface area (Å²) in [6.45, 7) is 0. The maximum atomic E-state index is 11.9. The Hall–Kier alpha value is -1.39. The lowest BCUT2D eigenvalue weighted by Gasteiger charge is -2.13. The van der Waals surface area contributed by atoms with Crippen LogP contribution in [0.1, 0.15) is 10.4 Å². The second-order valence-corrected chi connectivity index (χ2v) is 4.52. The van der Waals surface area contributed by atoms with Crippen LogP contribution in [0.5, 0.6) is 0 Å². The average molecular weight is 294 g/mol. The number of nitrogens with zero attached hydrogens (tertiary/aromatic N) is 1. The van der Waals surface area contributed by atoms with Gasteiger partial charge in [-0.05, 0) is 29.0 Å². The normalized spacial score (nSPS) is 10.5. The topological polar surface area (TPSA) is 29.5 Å². The third-order valence-electron chi connectivity index (χ3n) is 2.63. The van der Waals surface area contributed by atoms with Gasteiger partial charge in [0, 0.05) is 17.1 Å². The zero-order chi connectivity index (χ0) is 12.4. The van der Waals surface area contributed by atoms with Gasteiger partial charge in [-0.25, -0.2) is 5.06 Å². The molecule has 4 heteroatoms. The van der Waals surface area contributed by atoms with Crippen molar-refractivity contribution in [3.05, 3.63) is 46.4 Å². The van der Waals surface area contributed by atoms with Crippen LogP contribution in [0.15, 0.2) is 40.9 Å². The Kier molecular flexibility index (Phi) is 3.45. The summed E-state index contributed by atoms with van der Waals surface area (Å²) in [5.74, 6) is -0.158. The highest BCUT2D eigenvalue weighted by Gasteiger charge is 2.11. The predicted molar refractivity (Wildman–Crippen MR) is 70.8 cm³/mol. The standard InChI is InChI=1S/C13H12BrNO2/c1-15(17-2)13(16)10-6-7-11-9(8-10)4-3-5-12(11)14/h3-8H,1-2H3. The van der Waals surface area contributed by atoms with Crippen LogP contribution in [0.25, 0.3) is 10.8 Å². The van der Waals surface area contributed by atoms with Crippen molar-refractivity contribution in [1.29, 1.82) is 0 Å². The molecule has 0 fully saturated rings. The highest BCUT2D eigenvalue weighted by Crippen LogP contribution is 2.24. The summed E-state index contributed by atoms with van der Waals surface area (Å²) in [4.78, 5) is 16.8. The first-order chi connectivity index (χ1) is 8.13. The number of hydrogen-bond donors (Lipinski definition) is 0. The van der Waals surface area contributed by atoms with E-state index in [0.29, 0.717) is 5.56 Å². The van der Waals surface area contributed by atoms with Gasteiger partial charge in [0.15, 0.2) is 0 Å². The number of benzene rings is 2. The van der Waals surface area contributed by atoms with E-state index in [1.54, 1.807) is 13.1 Å². The molecule has 2 aromatic rings. The fourth-order valence-electron chi connectivity index (χ4n) is 1.64. The van der Waals surface area contributed by atoms with Gasteiger partial charge in [-0.1, -0.05) is 34.1 Å². The number of carbonyl (C=O) groups is 1. The molecule has 0 N–H and O–H groups in total. The SMILES string of the molecule is CON(C)C(=O)c1ccc2c(Br)cccc2c1.